The lowest BCUT2D eigenvalue weighted by Crippen LogP contribution is -2.07. The van der Waals surface area contributed by atoms with Crippen molar-refractivity contribution in [1.29, 1.82) is 0 Å². The average molecular weight is 193 g/mol. The van der Waals surface area contributed by atoms with Crippen molar-refractivity contribution >= 4 is 0 Å². The molecule has 0 saturated heterocycles. The highest BCUT2D eigenvalue weighted by molar-refractivity contribution is 5.34. The largest absolute Gasteiger partial charge is 0.493 e. The van der Waals surface area contributed by atoms with Gasteiger partial charge < -0.3 is 10.5 Å². The number of rotatable bonds is 6. The van der Waals surface area contributed by atoms with Crippen LogP contribution in [0.5, 0.6) is 0 Å². The zero-order valence-corrected chi connectivity index (χ0v) is 8.99. The van der Waals surface area contributed by atoms with Crippen LogP contribution in [-0.4, -0.2) is 13.2 Å². The van der Waals surface area contributed by atoms with Gasteiger partial charge in [0.15, 0.2) is 0 Å². The Morgan fingerprint density at radius 1 is 1.43 bits per heavy atom. The summed E-state index contributed by atoms with van der Waals surface area (Å²) in [6.45, 7) is 8.68. The van der Waals surface area contributed by atoms with E-state index in [2.05, 4.69) is 6.58 Å². The predicted molar refractivity (Wildman–Crippen MR) is 61.9 cm³/mol. The smallest absolute Gasteiger partial charge is 0.115 e. The third-order valence-corrected chi connectivity index (χ3v) is 1.57. The molecule has 0 aromatic heterocycles. The summed E-state index contributed by atoms with van der Waals surface area (Å²) < 4.78 is 5.40. The first-order valence-corrected chi connectivity index (χ1v) is 4.74. The topological polar surface area (TPSA) is 35.2 Å². The predicted octanol–water partition coefficient (Wildman–Crippen LogP) is 2.55. The van der Waals surface area contributed by atoms with Crippen LogP contribution in [0.15, 0.2) is 48.3 Å². The van der Waals surface area contributed by atoms with E-state index in [1.54, 1.807) is 6.08 Å². The molecule has 0 spiro atoms. The van der Waals surface area contributed by atoms with Gasteiger partial charge in [-0.3, -0.25) is 0 Å². The first-order valence-electron chi connectivity index (χ1n) is 4.74. The van der Waals surface area contributed by atoms with Crippen LogP contribution in [-0.2, 0) is 4.74 Å². The Morgan fingerprint density at radius 2 is 2.14 bits per heavy atom. The maximum Gasteiger partial charge on any atom is 0.115 e. The van der Waals surface area contributed by atoms with Gasteiger partial charge in [-0.1, -0.05) is 24.8 Å². The molecule has 14 heavy (non-hydrogen) atoms. The number of allylic oxidation sites excluding steroid dienone is 6. The van der Waals surface area contributed by atoms with E-state index in [4.69, 9.17) is 10.5 Å². The van der Waals surface area contributed by atoms with Crippen LogP contribution in [0.3, 0.4) is 0 Å². The lowest BCUT2D eigenvalue weighted by atomic mass is 10.2. The molecule has 0 radical (unpaired) electrons. The quantitative estimate of drug-likeness (QED) is 0.519. The summed E-state index contributed by atoms with van der Waals surface area (Å²) in [4.78, 5) is 0. The maximum atomic E-state index is 5.40. The molecule has 0 rings (SSSR count). The van der Waals surface area contributed by atoms with Crippen LogP contribution in [0, 0.1) is 0 Å². The third-order valence-electron chi connectivity index (χ3n) is 1.57. The molecule has 0 aliphatic heterocycles. The molecular weight excluding hydrogens is 174 g/mol. The SMILES string of the molecule is C=CC(/C=C/C)=C\C(=C/C)OCCN. The van der Waals surface area contributed by atoms with E-state index < -0.39 is 0 Å². The monoisotopic (exact) mass is 193 g/mol. The van der Waals surface area contributed by atoms with Gasteiger partial charge in [0.05, 0.1) is 0 Å². The Bertz CT molecular complexity index is 249. The summed E-state index contributed by atoms with van der Waals surface area (Å²) in [7, 11) is 0. The fourth-order valence-electron chi connectivity index (χ4n) is 0.917. The Hall–Kier alpha value is -1.28. The van der Waals surface area contributed by atoms with Crippen molar-refractivity contribution in [3.63, 3.8) is 0 Å². The minimum atomic E-state index is 0.526. The van der Waals surface area contributed by atoms with Crippen molar-refractivity contribution in [2.45, 2.75) is 13.8 Å². The molecule has 0 aromatic carbocycles. The maximum absolute atomic E-state index is 5.40. The number of ether oxygens (including phenoxy) is 1. The summed E-state index contributed by atoms with van der Waals surface area (Å²) in [5.41, 5.74) is 6.37. The van der Waals surface area contributed by atoms with E-state index in [1.807, 2.05) is 38.2 Å². The fourth-order valence-corrected chi connectivity index (χ4v) is 0.917. The fraction of sp³-hybridized carbons (Fsp3) is 0.333. The standard InChI is InChI=1S/C12H19NO/c1-4-7-11(5-2)10-12(6-3)14-9-8-13/h4-7,10H,2,8-9,13H2,1,3H3/b7-4+,11-10+,12-6+. The van der Waals surface area contributed by atoms with Gasteiger partial charge in [0, 0.05) is 6.54 Å². The number of nitrogens with two attached hydrogens (primary N) is 1. The summed E-state index contributed by atoms with van der Waals surface area (Å²) in [6.07, 6.45) is 9.56. The Labute approximate surface area is 86.4 Å². The number of hydrogen-bond donors (Lipinski definition) is 1. The second-order valence-electron chi connectivity index (χ2n) is 2.68. The summed E-state index contributed by atoms with van der Waals surface area (Å²) in [5.74, 6) is 0.823. The van der Waals surface area contributed by atoms with Crippen LogP contribution >= 0.6 is 0 Å². The Morgan fingerprint density at radius 3 is 2.57 bits per heavy atom. The summed E-state index contributed by atoms with van der Waals surface area (Å²) >= 11 is 0. The van der Waals surface area contributed by atoms with Gasteiger partial charge in [-0.15, -0.1) is 0 Å². The van der Waals surface area contributed by atoms with Crippen LogP contribution in [0.4, 0.5) is 0 Å². The molecule has 0 heterocycles. The molecule has 78 valence electrons. The van der Waals surface area contributed by atoms with Gasteiger partial charge in [0.25, 0.3) is 0 Å². The third kappa shape index (κ3) is 5.38. The Balaban J connectivity index is 4.46. The Kier molecular flexibility index (Phi) is 7.56. The number of hydrogen-bond acceptors (Lipinski definition) is 2. The highest BCUT2D eigenvalue weighted by Crippen LogP contribution is 2.06. The van der Waals surface area contributed by atoms with Crippen LogP contribution in [0.2, 0.25) is 0 Å². The van der Waals surface area contributed by atoms with E-state index in [1.165, 1.54) is 0 Å². The van der Waals surface area contributed by atoms with Crippen LogP contribution in [0.1, 0.15) is 13.8 Å². The highest BCUT2D eigenvalue weighted by Gasteiger charge is 1.92. The molecule has 0 aliphatic carbocycles. The summed E-state index contributed by atoms with van der Waals surface area (Å²) in [6, 6.07) is 0. The minimum absolute atomic E-state index is 0.526. The molecule has 0 saturated carbocycles. The lowest BCUT2D eigenvalue weighted by molar-refractivity contribution is 0.233. The van der Waals surface area contributed by atoms with E-state index >= 15 is 0 Å². The molecule has 0 fully saturated rings. The molecule has 2 heteroatoms. The van der Waals surface area contributed by atoms with Gasteiger partial charge in [-0.2, -0.15) is 0 Å². The first-order chi connectivity index (χ1) is 6.78. The van der Waals surface area contributed by atoms with Gasteiger partial charge in [0.1, 0.15) is 12.4 Å². The van der Waals surface area contributed by atoms with Gasteiger partial charge >= 0.3 is 0 Å². The summed E-state index contributed by atoms with van der Waals surface area (Å²) in [5, 5.41) is 0. The molecule has 0 aromatic rings. The van der Waals surface area contributed by atoms with E-state index in [-0.39, 0.29) is 0 Å². The molecule has 0 atom stereocenters. The molecule has 0 unspecified atom stereocenters. The normalized spacial score (nSPS) is 13.4. The van der Waals surface area contributed by atoms with Gasteiger partial charge in [-0.25, -0.2) is 0 Å². The van der Waals surface area contributed by atoms with Crippen molar-refractivity contribution in [2.75, 3.05) is 13.2 Å². The molecular formula is C12H19NO. The highest BCUT2D eigenvalue weighted by atomic mass is 16.5. The van der Waals surface area contributed by atoms with E-state index in [0.717, 1.165) is 11.3 Å². The minimum Gasteiger partial charge on any atom is -0.493 e. The zero-order chi connectivity index (χ0) is 10.8. The lowest BCUT2D eigenvalue weighted by Gasteiger charge is -2.05. The van der Waals surface area contributed by atoms with Crippen molar-refractivity contribution in [2.24, 2.45) is 5.73 Å². The zero-order valence-electron chi connectivity index (χ0n) is 8.99. The van der Waals surface area contributed by atoms with Crippen LogP contribution in [0.25, 0.3) is 0 Å². The van der Waals surface area contributed by atoms with Gasteiger partial charge in [-0.05, 0) is 31.6 Å². The molecule has 0 amide bonds. The van der Waals surface area contributed by atoms with E-state index in [9.17, 15) is 0 Å². The second kappa shape index (κ2) is 8.32. The van der Waals surface area contributed by atoms with Crippen molar-refractivity contribution in [1.82, 2.24) is 0 Å². The second-order valence-corrected chi connectivity index (χ2v) is 2.68. The van der Waals surface area contributed by atoms with Crippen LogP contribution < -0.4 is 5.73 Å². The van der Waals surface area contributed by atoms with E-state index in [0.29, 0.717) is 13.2 Å². The van der Waals surface area contributed by atoms with Crippen molar-refractivity contribution in [3.05, 3.63) is 48.3 Å². The van der Waals surface area contributed by atoms with Gasteiger partial charge in [0.2, 0.25) is 0 Å². The van der Waals surface area contributed by atoms with Crippen molar-refractivity contribution < 1.29 is 4.74 Å². The first kappa shape index (κ1) is 12.7. The molecule has 0 bridgehead atoms. The average Bonchev–Trinajstić information content (AvgIpc) is 2.22. The molecule has 2 nitrogen and oxygen atoms in total. The van der Waals surface area contributed by atoms with Crippen molar-refractivity contribution in [3.8, 4) is 0 Å². The molecule has 0 aliphatic rings. The molecule has 2 N–H and O–H groups in total.